The van der Waals surface area contributed by atoms with Gasteiger partial charge in [0.1, 0.15) is 11.2 Å². The normalized spacial score (nSPS) is 23.6. The molecule has 1 aliphatic heterocycles. The lowest BCUT2D eigenvalue weighted by Gasteiger charge is -2.29. The van der Waals surface area contributed by atoms with Crippen molar-refractivity contribution in [2.45, 2.75) is 12.6 Å². The van der Waals surface area contributed by atoms with Crippen LogP contribution >= 0.6 is 11.6 Å². The zero-order valence-electron chi connectivity index (χ0n) is 9.65. The van der Waals surface area contributed by atoms with Crippen molar-refractivity contribution in [1.29, 1.82) is 0 Å². The van der Waals surface area contributed by atoms with Crippen molar-refractivity contribution in [3.63, 3.8) is 0 Å². The molecular formula is C12H10ClF4NO. The lowest BCUT2D eigenvalue weighted by molar-refractivity contribution is -0.197. The minimum Gasteiger partial charge on any atom is -0.315 e. The molecule has 0 saturated carbocycles. The van der Waals surface area contributed by atoms with E-state index in [0.717, 1.165) is 18.2 Å². The monoisotopic (exact) mass is 295 g/mol. The average Bonchev–Trinajstić information content (AvgIpc) is 2.81. The van der Waals surface area contributed by atoms with Crippen molar-refractivity contribution in [2.24, 2.45) is 5.41 Å². The molecule has 1 unspecified atom stereocenters. The summed E-state index contributed by atoms with van der Waals surface area (Å²) < 4.78 is 52.7. The Labute approximate surface area is 111 Å². The molecule has 1 atom stereocenters. The van der Waals surface area contributed by atoms with E-state index in [4.69, 9.17) is 11.6 Å². The van der Waals surface area contributed by atoms with E-state index < -0.39 is 35.3 Å². The lowest BCUT2D eigenvalue weighted by Crippen LogP contribution is -2.46. The van der Waals surface area contributed by atoms with Crippen molar-refractivity contribution in [3.05, 3.63) is 34.6 Å². The first-order chi connectivity index (χ1) is 8.78. The summed E-state index contributed by atoms with van der Waals surface area (Å²) in [5, 5.41) is 2.35. The van der Waals surface area contributed by atoms with Gasteiger partial charge in [-0.15, -0.1) is 0 Å². The number of carbonyl (C=O) groups excluding carboxylic acids is 1. The summed E-state index contributed by atoms with van der Waals surface area (Å²) in [6.07, 6.45) is -5.08. The molecular weight excluding hydrogens is 286 g/mol. The predicted molar refractivity (Wildman–Crippen MR) is 61.7 cm³/mol. The SMILES string of the molecule is O=C(c1cc(F)ccc1Cl)C1(C(F)(F)F)CCNC1. The number of hydrogen-bond donors (Lipinski definition) is 1. The van der Waals surface area contributed by atoms with Crippen LogP contribution in [0.2, 0.25) is 5.02 Å². The quantitative estimate of drug-likeness (QED) is 0.670. The van der Waals surface area contributed by atoms with Crippen molar-refractivity contribution < 1.29 is 22.4 Å². The fourth-order valence-corrected chi connectivity index (χ4v) is 2.39. The largest absolute Gasteiger partial charge is 0.402 e. The first-order valence-electron chi connectivity index (χ1n) is 5.55. The molecule has 104 valence electrons. The number of benzene rings is 1. The third kappa shape index (κ3) is 2.34. The number of rotatable bonds is 2. The van der Waals surface area contributed by atoms with Crippen LogP contribution in [0.5, 0.6) is 0 Å². The minimum absolute atomic E-state index is 0.0815. The molecule has 2 rings (SSSR count). The molecule has 0 spiro atoms. The average molecular weight is 296 g/mol. The van der Waals surface area contributed by atoms with Gasteiger partial charge in [0, 0.05) is 12.1 Å². The fourth-order valence-electron chi connectivity index (χ4n) is 2.19. The lowest BCUT2D eigenvalue weighted by atomic mass is 9.78. The number of carbonyl (C=O) groups is 1. The van der Waals surface area contributed by atoms with Gasteiger partial charge in [-0.3, -0.25) is 4.79 Å². The van der Waals surface area contributed by atoms with Gasteiger partial charge in [-0.1, -0.05) is 11.6 Å². The van der Waals surface area contributed by atoms with E-state index >= 15 is 0 Å². The second-order valence-electron chi connectivity index (χ2n) is 4.46. The first kappa shape index (κ1) is 14.3. The molecule has 7 heteroatoms. The molecule has 1 heterocycles. The highest BCUT2D eigenvalue weighted by Gasteiger charge is 2.61. The van der Waals surface area contributed by atoms with Crippen LogP contribution in [0, 0.1) is 11.2 Å². The summed E-state index contributed by atoms with van der Waals surface area (Å²) in [5.74, 6) is -1.98. The van der Waals surface area contributed by atoms with Gasteiger partial charge in [-0.2, -0.15) is 13.2 Å². The highest BCUT2D eigenvalue weighted by molar-refractivity contribution is 6.34. The topological polar surface area (TPSA) is 29.1 Å². The van der Waals surface area contributed by atoms with Crippen LogP contribution in [0.25, 0.3) is 0 Å². The number of hydrogen-bond acceptors (Lipinski definition) is 2. The molecule has 1 aromatic carbocycles. The molecule has 0 aromatic heterocycles. The molecule has 0 radical (unpaired) electrons. The minimum atomic E-state index is -4.71. The third-order valence-corrected chi connectivity index (χ3v) is 3.64. The number of Topliss-reactive ketones (excluding diaryl/α,β-unsaturated/α-hetero) is 1. The van der Waals surface area contributed by atoms with Gasteiger partial charge in [-0.05, 0) is 31.2 Å². The van der Waals surface area contributed by atoms with E-state index in [1.54, 1.807) is 0 Å². The molecule has 0 bridgehead atoms. The summed E-state index contributed by atoms with van der Waals surface area (Å²) in [7, 11) is 0. The summed E-state index contributed by atoms with van der Waals surface area (Å²) in [6.45, 7) is -0.430. The molecule has 1 aliphatic rings. The summed E-state index contributed by atoms with van der Waals surface area (Å²) in [6, 6.07) is 2.82. The Morgan fingerprint density at radius 3 is 2.58 bits per heavy atom. The van der Waals surface area contributed by atoms with Crippen LogP contribution in [0.4, 0.5) is 17.6 Å². The Kier molecular flexibility index (Phi) is 3.57. The second-order valence-corrected chi connectivity index (χ2v) is 4.87. The Morgan fingerprint density at radius 1 is 1.37 bits per heavy atom. The van der Waals surface area contributed by atoms with E-state index in [0.29, 0.717) is 0 Å². The number of ketones is 1. The zero-order chi connectivity index (χ0) is 14.3. The van der Waals surface area contributed by atoms with Gasteiger partial charge in [0.05, 0.1) is 5.02 Å². The fraction of sp³-hybridized carbons (Fsp3) is 0.417. The van der Waals surface area contributed by atoms with Crippen LogP contribution in [0.15, 0.2) is 18.2 Å². The van der Waals surface area contributed by atoms with Crippen molar-refractivity contribution in [1.82, 2.24) is 5.32 Å². The maximum Gasteiger partial charge on any atom is 0.402 e. The highest BCUT2D eigenvalue weighted by atomic mass is 35.5. The molecule has 19 heavy (non-hydrogen) atoms. The molecule has 1 saturated heterocycles. The highest BCUT2D eigenvalue weighted by Crippen LogP contribution is 2.46. The van der Waals surface area contributed by atoms with Gasteiger partial charge < -0.3 is 5.32 Å². The number of halogens is 5. The van der Waals surface area contributed by atoms with Crippen molar-refractivity contribution >= 4 is 17.4 Å². The Morgan fingerprint density at radius 2 is 2.05 bits per heavy atom. The van der Waals surface area contributed by atoms with Crippen molar-refractivity contribution in [3.8, 4) is 0 Å². The van der Waals surface area contributed by atoms with E-state index in [1.807, 2.05) is 0 Å². The van der Waals surface area contributed by atoms with E-state index in [2.05, 4.69) is 5.32 Å². The van der Waals surface area contributed by atoms with Crippen molar-refractivity contribution in [2.75, 3.05) is 13.1 Å². The molecule has 0 aliphatic carbocycles. The molecule has 1 aromatic rings. The first-order valence-corrected chi connectivity index (χ1v) is 5.93. The van der Waals surface area contributed by atoms with Gasteiger partial charge >= 0.3 is 6.18 Å². The Bertz CT molecular complexity index is 509. The van der Waals surface area contributed by atoms with Crippen LogP contribution in [-0.4, -0.2) is 25.0 Å². The maximum atomic E-state index is 13.2. The Hall–Kier alpha value is -1.14. The van der Waals surface area contributed by atoms with Gasteiger partial charge in [0.25, 0.3) is 0 Å². The van der Waals surface area contributed by atoms with Crippen LogP contribution in [0.3, 0.4) is 0 Å². The van der Waals surface area contributed by atoms with E-state index in [9.17, 15) is 22.4 Å². The number of nitrogens with one attached hydrogen (secondary N) is 1. The predicted octanol–water partition coefficient (Wildman–Crippen LogP) is 3.20. The van der Waals surface area contributed by atoms with Crippen LogP contribution in [0.1, 0.15) is 16.8 Å². The molecule has 0 amide bonds. The summed E-state index contributed by atoms with van der Waals surface area (Å²) in [5.41, 5.74) is -2.95. The van der Waals surface area contributed by atoms with Crippen LogP contribution in [-0.2, 0) is 0 Å². The maximum absolute atomic E-state index is 13.2. The standard InChI is InChI=1S/C12H10ClF4NO/c13-9-2-1-7(14)5-8(9)10(19)11(12(15,16)17)3-4-18-6-11/h1-2,5,18H,3-4,6H2. The van der Waals surface area contributed by atoms with Gasteiger partial charge in [0.15, 0.2) is 5.78 Å². The van der Waals surface area contributed by atoms with E-state index in [1.165, 1.54) is 0 Å². The van der Waals surface area contributed by atoms with Crippen LogP contribution < -0.4 is 5.32 Å². The number of alkyl halides is 3. The molecule has 2 nitrogen and oxygen atoms in total. The smallest absolute Gasteiger partial charge is 0.315 e. The second kappa shape index (κ2) is 4.76. The van der Waals surface area contributed by atoms with Gasteiger partial charge in [-0.25, -0.2) is 4.39 Å². The molecule has 1 fully saturated rings. The van der Waals surface area contributed by atoms with E-state index in [-0.39, 0.29) is 18.0 Å². The Balaban J connectivity index is 2.49. The third-order valence-electron chi connectivity index (χ3n) is 3.31. The summed E-state index contributed by atoms with van der Waals surface area (Å²) in [4.78, 5) is 12.2. The van der Waals surface area contributed by atoms with Gasteiger partial charge in [0.2, 0.25) is 0 Å². The molecule has 1 N–H and O–H groups in total. The zero-order valence-corrected chi connectivity index (χ0v) is 10.4. The summed E-state index contributed by atoms with van der Waals surface area (Å²) >= 11 is 5.71.